The van der Waals surface area contributed by atoms with Crippen LogP contribution in [-0.4, -0.2) is 25.2 Å². The van der Waals surface area contributed by atoms with Crippen molar-refractivity contribution >= 4 is 17.7 Å². The molecule has 0 radical (unpaired) electrons. The summed E-state index contributed by atoms with van der Waals surface area (Å²) in [6, 6.07) is 25.5. The fourth-order valence-electron chi connectivity index (χ4n) is 4.66. The lowest BCUT2D eigenvalue weighted by atomic mass is 9.68. The molecule has 0 saturated heterocycles. The minimum absolute atomic E-state index is 0.000121. The zero-order valence-electron chi connectivity index (χ0n) is 21.2. The van der Waals surface area contributed by atoms with Gasteiger partial charge in [0.1, 0.15) is 5.76 Å². The molecule has 0 bridgehead atoms. The van der Waals surface area contributed by atoms with Crippen LogP contribution in [0.15, 0.2) is 84.9 Å². The van der Waals surface area contributed by atoms with Crippen LogP contribution in [-0.2, 0) is 29.4 Å². The first-order valence-electron chi connectivity index (χ1n) is 12.3. The largest absolute Gasteiger partial charge is 0.477 e. The first-order valence-corrected chi connectivity index (χ1v) is 12.3. The highest BCUT2D eigenvalue weighted by Gasteiger charge is 2.58. The van der Waals surface area contributed by atoms with E-state index >= 15 is 0 Å². The lowest BCUT2D eigenvalue weighted by molar-refractivity contribution is -0.173. The summed E-state index contributed by atoms with van der Waals surface area (Å²) in [6.07, 6.45) is 1.58. The molecule has 0 saturated carbocycles. The molecule has 0 aliphatic carbocycles. The number of ether oxygens (including phenoxy) is 3. The maximum Gasteiger partial charge on any atom is 0.327 e. The van der Waals surface area contributed by atoms with Crippen LogP contribution in [0.25, 0.3) is 5.76 Å². The number of benzene rings is 3. The number of aryl methyl sites for hydroxylation is 2. The van der Waals surface area contributed by atoms with Gasteiger partial charge in [-0.05, 0) is 33.8 Å². The summed E-state index contributed by atoms with van der Waals surface area (Å²) in [5, 5.41) is 0. The molecular weight excluding hydrogens is 452 g/mol. The van der Waals surface area contributed by atoms with E-state index in [-0.39, 0.29) is 19.6 Å². The predicted octanol–water partition coefficient (Wildman–Crippen LogP) is 6.12. The highest BCUT2D eigenvalue weighted by Crippen LogP contribution is 2.52. The Morgan fingerprint density at radius 3 is 1.67 bits per heavy atom. The number of rotatable bonds is 7. The Morgan fingerprint density at radius 1 is 0.750 bits per heavy atom. The van der Waals surface area contributed by atoms with Crippen molar-refractivity contribution in [3.63, 3.8) is 0 Å². The van der Waals surface area contributed by atoms with E-state index < -0.39 is 23.0 Å². The van der Waals surface area contributed by atoms with E-state index in [9.17, 15) is 9.59 Å². The lowest BCUT2D eigenvalue weighted by Gasteiger charge is -2.45. The fourth-order valence-corrected chi connectivity index (χ4v) is 4.66. The molecular formula is C31H32O5. The van der Waals surface area contributed by atoms with Gasteiger partial charge in [0.25, 0.3) is 0 Å². The molecule has 36 heavy (non-hydrogen) atoms. The van der Waals surface area contributed by atoms with E-state index in [0.717, 1.165) is 27.8 Å². The average Bonchev–Trinajstić information content (AvgIpc) is 2.90. The highest BCUT2D eigenvalue weighted by atomic mass is 16.6. The normalized spacial score (nSPS) is 15.8. The second-order valence-corrected chi connectivity index (χ2v) is 9.12. The molecule has 1 aliphatic heterocycles. The number of carbonyl (C=O) groups is 2. The summed E-state index contributed by atoms with van der Waals surface area (Å²) in [5.74, 6) is -0.878. The molecule has 1 aliphatic rings. The topological polar surface area (TPSA) is 61.8 Å². The second kappa shape index (κ2) is 10.4. The van der Waals surface area contributed by atoms with Gasteiger partial charge in [-0.1, -0.05) is 90.0 Å². The summed E-state index contributed by atoms with van der Waals surface area (Å²) in [5.41, 5.74) is 1.74. The Bertz CT molecular complexity index is 1180. The Balaban J connectivity index is 2.04. The number of carbonyl (C=O) groups excluding carboxylic acids is 2. The zero-order chi connectivity index (χ0) is 25.8. The molecule has 186 valence electrons. The third-order valence-corrected chi connectivity index (χ3v) is 6.56. The van der Waals surface area contributed by atoms with E-state index in [4.69, 9.17) is 14.2 Å². The van der Waals surface area contributed by atoms with Gasteiger partial charge >= 0.3 is 11.9 Å². The van der Waals surface area contributed by atoms with Crippen molar-refractivity contribution in [3.8, 4) is 0 Å². The van der Waals surface area contributed by atoms with Crippen molar-refractivity contribution in [1.82, 2.24) is 0 Å². The third-order valence-electron chi connectivity index (χ3n) is 6.56. The molecule has 0 atom stereocenters. The van der Waals surface area contributed by atoms with Gasteiger partial charge in [0.15, 0.2) is 11.0 Å². The number of hydrogen-bond acceptors (Lipinski definition) is 5. The zero-order valence-corrected chi connectivity index (χ0v) is 21.2. The fraction of sp³-hybridized carbons (Fsp3) is 0.290. The summed E-state index contributed by atoms with van der Waals surface area (Å²) < 4.78 is 17.9. The van der Waals surface area contributed by atoms with Gasteiger partial charge in [0, 0.05) is 23.1 Å². The average molecular weight is 485 g/mol. The Labute approximate surface area is 212 Å². The highest BCUT2D eigenvalue weighted by molar-refractivity contribution is 6.04. The monoisotopic (exact) mass is 484 g/mol. The molecule has 0 unspecified atom stereocenters. The molecule has 5 nitrogen and oxygen atoms in total. The van der Waals surface area contributed by atoms with Crippen molar-refractivity contribution in [2.45, 2.75) is 39.7 Å². The van der Waals surface area contributed by atoms with Crippen molar-refractivity contribution < 1.29 is 23.8 Å². The van der Waals surface area contributed by atoms with E-state index in [1.807, 2.05) is 92.7 Å². The van der Waals surface area contributed by atoms with Crippen LogP contribution in [0.5, 0.6) is 0 Å². The van der Waals surface area contributed by atoms with Crippen LogP contribution in [0.4, 0.5) is 0 Å². The van der Waals surface area contributed by atoms with Gasteiger partial charge in [-0.2, -0.15) is 0 Å². The Morgan fingerprint density at radius 2 is 1.22 bits per heavy atom. The van der Waals surface area contributed by atoms with Gasteiger partial charge in [0.05, 0.1) is 13.2 Å². The molecule has 0 N–H and O–H groups in total. The van der Waals surface area contributed by atoms with Gasteiger partial charge in [-0.25, -0.2) is 0 Å². The first-order chi connectivity index (χ1) is 17.3. The first kappa shape index (κ1) is 25.2. The van der Waals surface area contributed by atoms with Gasteiger partial charge < -0.3 is 14.2 Å². The molecule has 5 heteroatoms. The van der Waals surface area contributed by atoms with Crippen molar-refractivity contribution in [3.05, 3.63) is 113 Å². The quantitative estimate of drug-likeness (QED) is 0.299. The molecule has 0 fully saturated rings. The van der Waals surface area contributed by atoms with Gasteiger partial charge in [-0.3, -0.25) is 9.59 Å². The van der Waals surface area contributed by atoms with Crippen LogP contribution >= 0.6 is 0 Å². The Kier molecular flexibility index (Phi) is 7.30. The van der Waals surface area contributed by atoms with Gasteiger partial charge in [0.2, 0.25) is 0 Å². The standard InChI is InChI=1S/C31H32O5/c1-5-34-28(32)30(29(33)35-6-2)20-27(24-10-8-7-9-11-24)36-31(21-30,25-16-12-22(3)13-17-25)26-18-14-23(4)15-19-26/h7-20H,5-6,21H2,1-4H3. The van der Waals surface area contributed by atoms with E-state index in [1.54, 1.807) is 19.9 Å². The van der Waals surface area contributed by atoms with Crippen molar-refractivity contribution in [2.24, 2.45) is 5.41 Å². The van der Waals surface area contributed by atoms with E-state index in [0.29, 0.717) is 5.76 Å². The maximum absolute atomic E-state index is 13.6. The Hall–Kier alpha value is -3.86. The number of hydrogen-bond donors (Lipinski definition) is 0. The molecule has 1 heterocycles. The van der Waals surface area contributed by atoms with Crippen LogP contribution in [0, 0.1) is 19.3 Å². The lowest BCUT2D eigenvalue weighted by Crippen LogP contribution is -2.50. The van der Waals surface area contributed by atoms with Crippen molar-refractivity contribution in [1.29, 1.82) is 0 Å². The van der Waals surface area contributed by atoms with Crippen LogP contribution < -0.4 is 0 Å². The van der Waals surface area contributed by atoms with Crippen molar-refractivity contribution in [2.75, 3.05) is 13.2 Å². The van der Waals surface area contributed by atoms with E-state index in [2.05, 4.69) is 0 Å². The molecule has 0 aromatic heterocycles. The molecule has 0 amide bonds. The van der Waals surface area contributed by atoms with Gasteiger partial charge in [-0.15, -0.1) is 0 Å². The molecule has 3 aromatic carbocycles. The number of esters is 2. The summed E-state index contributed by atoms with van der Waals surface area (Å²) in [7, 11) is 0. The smallest absolute Gasteiger partial charge is 0.327 e. The summed E-state index contributed by atoms with van der Waals surface area (Å²) in [6.45, 7) is 7.76. The third kappa shape index (κ3) is 4.66. The second-order valence-electron chi connectivity index (χ2n) is 9.12. The maximum atomic E-state index is 13.6. The summed E-state index contributed by atoms with van der Waals surface area (Å²) >= 11 is 0. The summed E-state index contributed by atoms with van der Waals surface area (Å²) in [4.78, 5) is 27.3. The minimum atomic E-state index is -1.70. The van der Waals surface area contributed by atoms with Crippen LogP contribution in [0.2, 0.25) is 0 Å². The van der Waals surface area contributed by atoms with E-state index in [1.165, 1.54) is 0 Å². The predicted molar refractivity (Wildman–Crippen MR) is 139 cm³/mol. The molecule has 4 rings (SSSR count). The van der Waals surface area contributed by atoms with Crippen LogP contribution in [0.3, 0.4) is 0 Å². The SMILES string of the molecule is CCOC(=O)C1(C(=O)OCC)C=C(c2ccccc2)OC(c2ccc(C)cc2)(c2ccc(C)cc2)C1. The molecule has 0 spiro atoms. The minimum Gasteiger partial charge on any atom is -0.477 e. The molecule has 3 aromatic rings. The van der Waals surface area contributed by atoms with Crippen LogP contribution in [0.1, 0.15) is 48.1 Å².